The molecule has 15 heavy (non-hydrogen) atoms. The van der Waals surface area contributed by atoms with Crippen LogP contribution in [0.15, 0.2) is 30.3 Å². The lowest BCUT2D eigenvalue weighted by atomic mass is 10.1. The van der Waals surface area contributed by atoms with Crippen LogP contribution in [0.5, 0.6) is 0 Å². The lowest BCUT2D eigenvalue weighted by molar-refractivity contribution is 0.0785. The molecule has 0 N–H and O–H groups in total. The molecule has 1 atom stereocenters. The number of amides is 1. The van der Waals surface area contributed by atoms with Crippen LogP contribution in [0.4, 0.5) is 0 Å². The Kier molecular flexibility index (Phi) is 3.87. The Labute approximate surface area is 89.9 Å². The first-order valence-electron chi connectivity index (χ1n) is 4.85. The van der Waals surface area contributed by atoms with Crippen molar-refractivity contribution in [2.75, 3.05) is 13.6 Å². The second kappa shape index (κ2) is 5.16. The van der Waals surface area contributed by atoms with Gasteiger partial charge < -0.3 is 4.90 Å². The third-order valence-corrected chi connectivity index (χ3v) is 2.14. The van der Waals surface area contributed by atoms with Gasteiger partial charge in [-0.1, -0.05) is 18.2 Å². The van der Waals surface area contributed by atoms with Gasteiger partial charge in [0.1, 0.15) is 0 Å². The van der Waals surface area contributed by atoms with E-state index >= 15 is 0 Å². The van der Waals surface area contributed by atoms with E-state index in [-0.39, 0.29) is 11.8 Å². The standard InChI is InChI=1S/C12H14N2O/c1-10(8-13)9-14(2)12(15)11-6-4-3-5-7-11/h3-7,10H,9H2,1-2H3. The highest BCUT2D eigenvalue weighted by atomic mass is 16.2. The molecule has 0 saturated heterocycles. The van der Waals surface area contributed by atoms with E-state index in [2.05, 4.69) is 6.07 Å². The maximum atomic E-state index is 11.8. The molecule has 3 nitrogen and oxygen atoms in total. The fourth-order valence-corrected chi connectivity index (χ4v) is 1.34. The van der Waals surface area contributed by atoms with Crippen molar-refractivity contribution in [2.24, 2.45) is 5.92 Å². The number of carbonyl (C=O) groups excluding carboxylic acids is 1. The van der Waals surface area contributed by atoms with E-state index in [4.69, 9.17) is 5.26 Å². The van der Waals surface area contributed by atoms with Crippen molar-refractivity contribution in [3.63, 3.8) is 0 Å². The van der Waals surface area contributed by atoms with Gasteiger partial charge in [-0.2, -0.15) is 5.26 Å². The molecule has 0 aliphatic carbocycles. The third kappa shape index (κ3) is 3.10. The Balaban J connectivity index is 2.66. The molecule has 1 rings (SSSR count). The van der Waals surface area contributed by atoms with Gasteiger partial charge in [-0.3, -0.25) is 4.79 Å². The summed E-state index contributed by atoms with van der Waals surface area (Å²) in [6.45, 7) is 2.26. The molecule has 0 bridgehead atoms. The zero-order chi connectivity index (χ0) is 11.3. The monoisotopic (exact) mass is 202 g/mol. The summed E-state index contributed by atoms with van der Waals surface area (Å²) in [6.07, 6.45) is 0. The summed E-state index contributed by atoms with van der Waals surface area (Å²) >= 11 is 0. The molecule has 1 aromatic carbocycles. The quantitative estimate of drug-likeness (QED) is 0.751. The predicted molar refractivity (Wildman–Crippen MR) is 58.2 cm³/mol. The summed E-state index contributed by atoms with van der Waals surface area (Å²) in [5.74, 6) is -0.180. The first kappa shape index (κ1) is 11.3. The number of carbonyl (C=O) groups is 1. The van der Waals surface area contributed by atoms with Gasteiger partial charge in [0.25, 0.3) is 5.91 Å². The molecule has 0 spiro atoms. The van der Waals surface area contributed by atoms with E-state index < -0.39 is 0 Å². The summed E-state index contributed by atoms with van der Waals surface area (Å²) in [5.41, 5.74) is 0.658. The van der Waals surface area contributed by atoms with E-state index in [1.807, 2.05) is 18.2 Å². The van der Waals surface area contributed by atoms with Crippen LogP contribution in [0, 0.1) is 17.2 Å². The van der Waals surface area contributed by atoms with Gasteiger partial charge in [-0.15, -0.1) is 0 Å². The summed E-state index contributed by atoms with van der Waals surface area (Å²) in [4.78, 5) is 13.4. The van der Waals surface area contributed by atoms with Crippen LogP contribution >= 0.6 is 0 Å². The number of hydrogen-bond donors (Lipinski definition) is 0. The normalized spacial score (nSPS) is 11.5. The molecule has 1 amide bonds. The number of nitrogens with zero attached hydrogens (tertiary/aromatic N) is 2. The van der Waals surface area contributed by atoms with E-state index in [1.165, 1.54) is 0 Å². The highest BCUT2D eigenvalue weighted by Crippen LogP contribution is 2.05. The van der Waals surface area contributed by atoms with Crippen molar-refractivity contribution in [1.82, 2.24) is 4.90 Å². The number of rotatable bonds is 3. The first-order chi connectivity index (χ1) is 7.15. The second-order valence-electron chi connectivity index (χ2n) is 3.58. The minimum Gasteiger partial charge on any atom is -0.340 e. The second-order valence-corrected chi connectivity index (χ2v) is 3.58. The zero-order valence-corrected chi connectivity index (χ0v) is 8.97. The predicted octanol–water partition coefficient (Wildman–Crippen LogP) is 1.92. The largest absolute Gasteiger partial charge is 0.340 e. The lowest BCUT2D eigenvalue weighted by Gasteiger charge is -2.18. The number of nitriles is 1. The topological polar surface area (TPSA) is 44.1 Å². The number of hydrogen-bond acceptors (Lipinski definition) is 2. The molecule has 78 valence electrons. The van der Waals surface area contributed by atoms with Gasteiger partial charge in [0.05, 0.1) is 12.0 Å². The molecule has 0 saturated carbocycles. The molecule has 0 heterocycles. The average molecular weight is 202 g/mol. The Morgan fingerprint density at radius 1 is 1.47 bits per heavy atom. The van der Waals surface area contributed by atoms with Gasteiger partial charge in [-0.05, 0) is 19.1 Å². The summed E-state index contributed by atoms with van der Waals surface area (Å²) in [7, 11) is 1.71. The van der Waals surface area contributed by atoms with Crippen molar-refractivity contribution in [3.05, 3.63) is 35.9 Å². The summed E-state index contributed by atoms with van der Waals surface area (Å²) < 4.78 is 0. The maximum absolute atomic E-state index is 11.8. The van der Waals surface area contributed by atoms with E-state index in [0.717, 1.165) is 0 Å². The SMILES string of the molecule is CC(C#N)CN(C)C(=O)c1ccccc1. The molecule has 1 unspecified atom stereocenters. The fourth-order valence-electron chi connectivity index (χ4n) is 1.34. The average Bonchev–Trinajstić information content (AvgIpc) is 2.29. The van der Waals surface area contributed by atoms with Crippen LogP contribution in [0.1, 0.15) is 17.3 Å². The molecule has 0 fully saturated rings. The Morgan fingerprint density at radius 2 is 2.07 bits per heavy atom. The smallest absolute Gasteiger partial charge is 0.253 e. The Bertz CT molecular complexity index is 367. The number of benzene rings is 1. The molecular weight excluding hydrogens is 188 g/mol. The summed E-state index contributed by atoms with van der Waals surface area (Å²) in [6, 6.07) is 11.2. The van der Waals surface area contributed by atoms with Crippen LogP contribution < -0.4 is 0 Å². The minimum absolute atomic E-state index is 0.0438. The molecule has 0 aliphatic rings. The van der Waals surface area contributed by atoms with E-state index in [9.17, 15) is 4.79 Å². The van der Waals surface area contributed by atoms with Crippen molar-refractivity contribution in [2.45, 2.75) is 6.92 Å². The van der Waals surface area contributed by atoms with Gasteiger partial charge in [-0.25, -0.2) is 0 Å². The highest BCUT2D eigenvalue weighted by Gasteiger charge is 2.13. The molecule has 3 heteroatoms. The van der Waals surface area contributed by atoms with Crippen LogP contribution in [0.3, 0.4) is 0 Å². The third-order valence-electron chi connectivity index (χ3n) is 2.14. The molecule has 0 radical (unpaired) electrons. The Hall–Kier alpha value is -1.82. The van der Waals surface area contributed by atoms with Crippen molar-refractivity contribution in [1.29, 1.82) is 5.26 Å². The Morgan fingerprint density at radius 3 is 2.60 bits per heavy atom. The highest BCUT2D eigenvalue weighted by molar-refractivity contribution is 5.93. The van der Waals surface area contributed by atoms with Gasteiger partial charge >= 0.3 is 0 Å². The van der Waals surface area contributed by atoms with Crippen LogP contribution in [-0.4, -0.2) is 24.4 Å². The minimum atomic E-state index is -0.136. The summed E-state index contributed by atoms with van der Waals surface area (Å²) in [5, 5.41) is 8.65. The van der Waals surface area contributed by atoms with E-state index in [0.29, 0.717) is 12.1 Å². The van der Waals surface area contributed by atoms with Crippen LogP contribution in [0.25, 0.3) is 0 Å². The molecule has 0 aromatic heterocycles. The van der Waals surface area contributed by atoms with Crippen molar-refractivity contribution in [3.8, 4) is 6.07 Å². The van der Waals surface area contributed by atoms with Gasteiger partial charge in [0.15, 0.2) is 0 Å². The van der Waals surface area contributed by atoms with E-state index in [1.54, 1.807) is 31.0 Å². The zero-order valence-electron chi connectivity index (χ0n) is 8.97. The van der Waals surface area contributed by atoms with Crippen LogP contribution in [0.2, 0.25) is 0 Å². The van der Waals surface area contributed by atoms with Crippen molar-refractivity contribution < 1.29 is 4.79 Å². The fraction of sp³-hybridized carbons (Fsp3) is 0.333. The lowest BCUT2D eigenvalue weighted by Crippen LogP contribution is -2.30. The van der Waals surface area contributed by atoms with Gasteiger partial charge in [0, 0.05) is 19.2 Å². The van der Waals surface area contributed by atoms with Crippen molar-refractivity contribution >= 4 is 5.91 Å². The molecule has 1 aromatic rings. The molecular formula is C12H14N2O. The van der Waals surface area contributed by atoms with Crippen LogP contribution in [-0.2, 0) is 0 Å². The van der Waals surface area contributed by atoms with Gasteiger partial charge in [0.2, 0.25) is 0 Å². The molecule has 0 aliphatic heterocycles. The maximum Gasteiger partial charge on any atom is 0.253 e. The first-order valence-corrected chi connectivity index (χ1v) is 4.85.